The lowest BCUT2D eigenvalue weighted by atomic mass is 10.2. The third-order valence-electron chi connectivity index (χ3n) is 4.27. The number of hydrogen-bond acceptors (Lipinski definition) is 4. The van der Waals surface area contributed by atoms with E-state index in [0.717, 1.165) is 16.7 Å². The second-order valence-corrected chi connectivity index (χ2v) is 6.62. The van der Waals surface area contributed by atoms with Crippen LogP contribution in [0.3, 0.4) is 0 Å². The SMILES string of the molecule is Clc1cccc2nc(NCc3ccccc3)nc(NCc3ccccc3)c12. The van der Waals surface area contributed by atoms with E-state index in [1.807, 2.05) is 54.6 Å². The summed E-state index contributed by atoms with van der Waals surface area (Å²) < 4.78 is 0. The van der Waals surface area contributed by atoms with Crippen molar-refractivity contribution in [2.45, 2.75) is 13.1 Å². The Bertz CT molecular complexity index is 1040. The van der Waals surface area contributed by atoms with Crippen LogP contribution >= 0.6 is 11.6 Å². The molecule has 0 unspecified atom stereocenters. The van der Waals surface area contributed by atoms with Crippen LogP contribution < -0.4 is 10.6 Å². The lowest BCUT2D eigenvalue weighted by molar-refractivity contribution is 1.05. The van der Waals surface area contributed by atoms with Crippen LogP contribution in [0.1, 0.15) is 11.1 Å². The minimum Gasteiger partial charge on any atom is -0.365 e. The third kappa shape index (κ3) is 4.18. The van der Waals surface area contributed by atoms with E-state index >= 15 is 0 Å². The fraction of sp³-hybridized carbons (Fsp3) is 0.0909. The predicted octanol–water partition coefficient (Wildman–Crippen LogP) is 5.51. The Morgan fingerprint density at radius 2 is 1.30 bits per heavy atom. The van der Waals surface area contributed by atoms with Crippen LogP contribution in [-0.4, -0.2) is 9.97 Å². The van der Waals surface area contributed by atoms with E-state index in [-0.39, 0.29) is 0 Å². The van der Waals surface area contributed by atoms with E-state index in [9.17, 15) is 0 Å². The molecule has 0 atom stereocenters. The Morgan fingerprint density at radius 1 is 0.667 bits per heavy atom. The number of hydrogen-bond donors (Lipinski definition) is 2. The first kappa shape index (κ1) is 17.3. The summed E-state index contributed by atoms with van der Waals surface area (Å²) in [5.74, 6) is 1.30. The zero-order valence-corrected chi connectivity index (χ0v) is 15.4. The molecular weight excluding hydrogens is 356 g/mol. The van der Waals surface area contributed by atoms with Crippen molar-refractivity contribution in [3.63, 3.8) is 0 Å². The molecule has 134 valence electrons. The molecule has 0 saturated heterocycles. The van der Waals surface area contributed by atoms with E-state index in [1.54, 1.807) is 0 Å². The van der Waals surface area contributed by atoms with Crippen LogP contribution in [0.25, 0.3) is 10.9 Å². The number of nitrogens with zero attached hydrogens (tertiary/aromatic N) is 2. The maximum absolute atomic E-state index is 6.43. The molecule has 1 aromatic heterocycles. The van der Waals surface area contributed by atoms with Gasteiger partial charge in [-0.3, -0.25) is 0 Å². The molecule has 0 saturated carbocycles. The van der Waals surface area contributed by atoms with Gasteiger partial charge in [-0.2, -0.15) is 4.98 Å². The average molecular weight is 375 g/mol. The molecule has 0 aliphatic carbocycles. The summed E-state index contributed by atoms with van der Waals surface area (Å²) >= 11 is 6.43. The first-order valence-corrected chi connectivity index (χ1v) is 9.19. The lowest BCUT2D eigenvalue weighted by Crippen LogP contribution is -2.08. The number of halogens is 1. The number of nitrogens with one attached hydrogen (secondary N) is 2. The number of rotatable bonds is 6. The van der Waals surface area contributed by atoms with Gasteiger partial charge in [-0.1, -0.05) is 78.3 Å². The summed E-state index contributed by atoms with van der Waals surface area (Å²) in [5.41, 5.74) is 3.16. The van der Waals surface area contributed by atoms with Crippen LogP contribution in [-0.2, 0) is 13.1 Å². The third-order valence-corrected chi connectivity index (χ3v) is 4.58. The molecule has 4 nitrogen and oxygen atoms in total. The highest BCUT2D eigenvalue weighted by atomic mass is 35.5. The molecule has 27 heavy (non-hydrogen) atoms. The molecule has 0 bridgehead atoms. The molecule has 0 aliphatic rings. The van der Waals surface area contributed by atoms with Crippen molar-refractivity contribution in [1.82, 2.24) is 9.97 Å². The highest BCUT2D eigenvalue weighted by molar-refractivity contribution is 6.36. The number of fused-ring (bicyclic) bond motifs is 1. The maximum Gasteiger partial charge on any atom is 0.225 e. The first-order valence-electron chi connectivity index (χ1n) is 8.81. The van der Waals surface area contributed by atoms with Crippen molar-refractivity contribution in [2.24, 2.45) is 0 Å². The minimum atomic E-state index is 0.573. The second-order valence-electron chi connectivity index (χ2n) is 6.21. The lowest BCUT2D eigenvalue weighted by Gasteiger charge is -2.13. The Hall–Kier alpha value is -3.11. The summed E-state index contributed by atoms with van der Waals surface area (Å²) in [4.78, 5) is 9.29. The molecule has 5 heteroatoms. The van der Waals surface area contributed by atoms with Crippen molar-refractivity contribution in [2.75, 3.05) is 10.6 Å². The van der Waals surface area contributed by atoms with Gasteiger partial charge in [-0.05, 0) is 23.3 Å². The quantitative estimate of drug-likeness (QED) is 0.467. The van der Waals surface area contributed by atoms with Gasteiger partial charge in [0.15, 0.2) is 0 Å². The highest BCUT2D eigenvalue weighted by Crippen LogP contribution is 2.29. The Kier molecular flexibility index (Phi) is 5.17. The van der Waals surface area contributed by atoms with E-state index in [0.29, 0.717) is 24.1 Å². The molecular formula is C22H19ClN4. The van der Waals surface area contributed by atoms with E-state index < -0.39 is 0 Å². The summed E-state index contributed by atoms with van der Waals surface area (Å²) in [6.45, 7) is 1.32. The van der Waals surface area contributed by atoms with Gasteiger partial charge in [0.1, 0.15) is 5.82 Å². The molecule has 0 radical (unpaired) electrons. The topological polar surface area (TPSA) is 49.8 Å². The Morgan fingerprint density at radius 3 is 1.96 bits per heavy atom. The van der Waals surface area contributed by atoms with Crippen molar-refractivity contribution in [3.8, 4) is 0 Å². The normalized spacial score (nSPS) is 10.7. The number of benzene rings is 3. The fourth-order valence-electron chi connectivity index (χ4n) is 2.91. The van der Waals surface area contributed by atoms with Gasteiger partial charge in [-0.15, -0.1) is 0 Å². The van der Waals surface area contributed by atoms with Crippen molar-refractivity contribution in [1.29, 1.82) is 0 Å². The predicted molar refractivity (Wildman–Crippen MR) is 112 cm³/mol. The molecule has 1 heterocycles. The maximum atomic E-state index is 6.43. The molecule has 4 aromatic rings. The molecule has 4 rings (SSSR count). The summed E-state index contributed by atoms with van der Waals surface area (Å²) in [6.07, 6.45) is 0. The van der Waals surface area contributed by atoms with Gasteiger partial charge in [0, 0.05) is 13.1 Å². The standard InChI is InChI=1S/C22H19ClN4/c23-18-12-7-13-19-20(18)21(24-14-16-8-3-1-4-9-16)27-22(26-19)25-15-17-10-5-2-6-11-17/h1-13H,14-15H2,(H2,24,25,26,27). The van der Waals surface area contributed by atoms with E-state index in [2.05, 4.69) is 44.9 Å². The Labute approximate surface area is 163 Å². The first-order chi connectivity index (χ1) is 13.3. The van der Waals surface area contributed by atoms with Gasteiger partial charge < -0.3 is 10.6 Å². The van der Waals surface area contributed by atoms with Crippen molar-refractivity contribution in [3.05, 3.63) is 95.0 Å². The zero-order chi connectivity index (χ0) is 18.5. The molecule has 0 aliphatic heterocycles. The monoisotopic (exact) mass is 374 g/mol. The van der Waals surface area contributed by atoms with Gasteiger partial charge in [0.05, 0.1) is 15.9 Å². The van der Waals surface area contributed by atoms with Gasteiger partial charge in [0.2, 0.25) is 5.95 Å². The highest BCUT2D eigenvalue weighted by Gasteiger charge is 2.11. The smallest absolute Gasteiger partial charge is 0.225 e. The number of aromatic nitrogens is 2. The second kappa shape index (κ2) is 8.06. The summed E-state index contributed by atoms with van der Waals surface area (Å²) in [6, 6.07) is 26.1. The summed E-state index contributed by atoms with van der Waals surface area (Å²) in [5, 5.41) is 8.18. The van der Waals surface area contributed by atoms with E-state index in [4.69, 9.17) is 11.6 Å². The molecule has 0 spiro atoms. The van der Waals surface area contributed by atoms with Crippen molar-refractivity contribution >= 4 is 34.3 Å². The average Bonchev–Trinajstić information content (AvgIpc) is 2.72. The van der Waals surface area contributed by atoms with Gasteiger partial charge >= 0.3 is 0 Å². The largest absolute Gasteiger partial charge is 0.365 e. The Balaban J connectivity index is 1.63. The molecule has 0 fully saturated rings. The fourth-order valence-corrected chi connectivity index (χ4v) is 3.17. The summed E-state index contributed by atoms with van der Waals surface area (Å²) in [7, 11) is 0. The molecule has 3 aromatic carbocycles. The number of anilines is 2. The van der Waals surface area contributed by atoms with Crippen LogP contribution in [0, 0.1) is 0 Å². The van der Waals surface area contributed by atoms with Crippen LogP contribution in [0.15, 0.2) is 78.9 Å². The van der Waals surface area contributed by atoms with Crippen LogP contribution in [0.2, 0.25) is 5.02 Å². The van der Waals surface area contributed by atoms with Crippen LogP contribution in [0.4, 0.5) is 11.8 Å². The van der Waals surface area contributed by atoms with Crippen LogP contribution in [0.5, 0.6) is 0 Å². The molecule has 2 N–H and O–H groups in total. The minimum absolute atomic E-state index is 0.573. The zero-order valence-electron chi connectivity index (χ0n) is 14.7. The van der Waals surface area contributed by atoms with Crippen molar-refractivity contribution < 1.29 is 0 Å². The molecule has 0 amide bonds. The van der Waals surface area contributed by atoms with Gasteiger partial charge in [-0.25, -0.2) is 4.98 Å². The van der Waals surface area contributed by atoms with E-state index in [1.165, 1.54) is 11.1 Å². The van der Waals surface area contributed by atoms with Gasteiger partial charge in [0.25, 0.3) is 0 Å².